The Morgan fingerprint density at radius 2 is 1.82 bits per heavy atom. The summed E-state index contributed by atoms with van der Waals surface area (Å²) >= 11 is 6.02. The Morgan fingerprint density at radius 3 is 2.50 bits per heavy atom. The maximum atomic E-state index is 13.0. The quantitative estimate of drug-likeness (QED) is 0.637. The molecule has 4 rings (SSSR count). The molecule has 0 radical (unpaired) electrons. The Balaban J connectivity index is 1.78. The van der Waals surface area contributed by atoms with Crippen LogP contribution in [0.3, 0.4) is 0 Å². The molecule has 2 aromatic carbocycles. The number of carbonyl (C=O) groups excluding carboxylic acids is 1. The Labute approximate surface area is 168 Å². The van der Waals surface area contributed by atoms with Crippen molar-refractivity contribution < 1.29 is 14.3 Å². The lowest BCUT2D eigenvalue weighted by molar-refractivity contribution is 0.0963. The van der Waals surface area contributed by atoms with Crippen LogP contribution in [0, 0.1) is 6.92 Å². The molecule has 0 aliphatic heterocycles. The van der Waals surface area contributed by atoms with E-state index in [1.165, 1.54) is 0 Å². The van der Waals surface area contributed by atoms with Gasteiger partial charge in [-0.3, -0.25) is 4.79 Å². The second-order valence-electron chi connectivity index (χ2n) is 6.93. The molecular formula is C22H21ClN2O3. The van der Waals surface area contributed by atoms with E-state index in [-0.39, 0.29) is 11.7 Å². The SMILES string of the molecule is COc1ccc([C@@H]2CC(=O)c3c(C)nn(-c4ccc(Cl)cc4)c3C2)c(OC)c1. The summed E-state index contributed by atoms with van der Waals surface area (Å²) in [6.07, 6.45) is 1.13. The van der Waals surface area contributed by atoms with Crippen LogP contribution < -0.4 is 9.47 Å². The number of benzene rings is 2. The molecule has 0 unspecified atom stereocenters. The number of halogens is 1. The van der Waals surface area contributed by atoms with Gasteiger partial charge in [-0.25, -0.2) is 4.68 Å². The first kappa shape index (κ1) is 18.6. The molecule has 1 aliphatic rings. The third-order valence-corrected chi connectivity index (χ3v) is 5.51. The van der Waals surface area contributed by atoms with Crippen LogP contribution in [0.2, 0.25) is 5.02 Å². The van der Waals surface area contributed by atoms with Crippen LogP contribution in [0.1, 0.15) is 39.6 Å². The summed E-state index contributed by atoms with van der Waals surface area (Å²) in [7, 11) is 3.26. The number of ketones is 1. The number of rotatable bonds is 4. The normalized spacial score (nSPS) is 16.0. The van der Waals surface area contributed by atoms with Gasteiger partial charge in [-0.2, -0.15) is 5.10 Å². The average Bonchev–Trinajstić information content (AvgIpc) is 3.05. The van der Waals surface area contributed by atoms with Crippen molar-refractivity contribution in [2.75, 3.05) is 14.2 Å². The van der Waals surface area contributed by atoms with E-state index in [9.17, 15) is 4.79 Å². The predicted octanol–water partition coefficient (Wildman–Crippen LogP) is 4.76. The van der Waals surface area contributed by atoms with Crippen LogP contribution in [0.5, 0.6) is 11.5 Å². The minimum absolute atomic E-state index is 0.0167. The zero-order valence-corrected chi connectivity index (χ0v) is 16.8. The molecule has 144 valence electrons. The zero-order chi connectivity index (χ0) is 19.8. The van der Waals surface area contributed by atoms with Gasteiger partial charge in [-0.15, -0.1) is 0 Å². The number of nitrogens with zero attached hydrogens (tertiary/aromatic N) is 2. The molecule has 0 fully saturated rings. The number of carbonyl (C=O) groups is 1. The van der Waals surface area contributed by atoms with Gasteiger partial charge >= 0.3 is 0 Å². The molecule has 1 aliphatic carbocycles. The Morgan fingerprint density at radius 1 is 1.07 bits per heavy atom. The summed E-state index contributed by atoms with van der Waals surface area (Å²) in [5.74, 6) is 1.59. The Bertz CT molecular complexity index is 1040. The first-order valence-corrected chi connectivity index (χ1v) is 9.49. The first-order chi connectivity index (χ1) is 13.5. The lowest BCUT2D eigenvalue weighted by atomic mass is 9.81. The molecule has 28 heavy (non-hydrogen) atoms. The van der Waals surface area contributed by atoms with Gasteiger partial charge < -0.3 is 9.47 Å². The minimum Gasteiger partial charge on any atom is -0.497 e. The van der Waals surface area contributed by atoms with Gasteiger partial charge in [-0.05, 0) is 49.2 Å². The average molecular weight is 397 g/mol. The van der Waals surface area contributed by atoms with Crippen LogP contribution in [0.4, 0.5) is 0 Å². The summed E-state index contributed by atoms with van der Waals surface area (Å²) in [6, 6.07) is 13.2. The maximum absolute atomic E-state index is 13.0. The lowest BCUT2D eigenvalue weighted by Gasteiger charge is -2.25. The molecule has 0 spiro atoms. The molecule has 0 saturated carbocycles. The van der Waals surface area contributed by atoms with Crippen LogP contribution in [-0.4, -0.2) is 29.8 Å². The number of aromatic nitrogens is 2. The number of ether oxygens (including phenoxy) is 2. The summed E-state index contributed by atoms with van der Waals surface area (Å²) in [5, 5.41) is 5.31. The van der Waals surface area contributed by atoms with Crippen molar-refractivity contribution in [3.63, 3.8) is 0 Å². The van der Waals surface area contributed by atoms with Gasteiger partial charge in [0, 0.05) is 23.4 Å². The molecule has 1 heterocycles. The molecule has 1 aromatic heterocycles. The topological polar surface area (TPSA) is 53.3 Å². The van der Waals surface area contributed by atoms with E-state index in [2.05, 4.69) is 5.10 Å². The van der Waals surface area contributed by atoms with Gasteiger partial charge in [-0.1, -0.05) is 17.7 Å². The molecule has 6 heteroatoms. The van der Waals surface area contributed by atoms with Crippen molar-refractivity contribution in [1.82, 2.24) is 9.78 Å². The van der Waals surface area contributed by atoms with Crippen LogP contribution in [0.15, 0.2) is 42.5 Å². The van der Waals surface area contributed by atoms with Gasteiger partial charge in [0.1, 0.15) is 11.5 Å². The molecular weight excluding hydrogens is 376 g/mol. The van der Waals surface area contributed by atoms with Crippen molar-refractivity contribution in [3.05, 3.63) is 70.0 Å². The second kappa shape index (κ2) is 7.32. The van der Waals surface area contributed by atoms with Gasteiger partial charge in [0.15, 0.2) is 5.78 Å². The minimum atomic E-state index is 0.0167. The van der Waals surface area contributed by atoms with E-state index in [1.807, 2.05) is 54.1 Å². The highest BCUT2D eigenvalue weighted by Crippen LogP contribution is 2.40. The summed E-state index contributed by atoms with van der Waals surface area (Å²) in [6.45, 7) is 1.89. The highest BCUT2D eigenvalue weighted by atomic mass is 35.5. The van der Waals surface area contributed by atoms with Crippen molar-refractivity contribution in [2.45, 2.75) is 25.7 Å². The summed E-state index contributed by atoms with van der Waals surface area (Å²) in [5.41, 5.74) is 4.32. The fourth-order valence-corrected chi connectivity index (χ4v) is 4.06. The van der Waals surface area contributed by atoms with E-state index >= 15 is 0 Å². The molecule has 0 N–H and O–H groups in total. The zero-order valence-electron chi connectivity index (χ0n) is 16.0. The standard InChI is InChI=1S/C22H21ClN2O3/c1-13-22-19(25(24-13)16-6-4-15(23)5-7-16)10-14(11-20(22)26)18-9-8-17(27-2)12-21(18)28-3/h4-9,12,14H,10-11H2,1-3H3/t14-/m0/s1. The number of fused-ring (bicyclic) bond motifs is 1. The Hall–Kier alpha value is -2.79. The molecule has 5 nitrogen and oxygen atoms in total. The first-order valence-electron chi connectivity index (χ1n) is 9.11. The van der Waals surface area contributed by atoms with Crippen molar-refractivity contribution >= 4 is 17.4 Å². The highest BCUT2D eigenvalue weighted by Gasteiger charge is 2.33. The predicted molar refractivity (Wildman–Crippen MR) is 108 cm³/mol. The fraction of sp³-hybridized carbons (Fsp3) is 0.273. The van der Waals surface area contributed by atoms with Crippen LogP contribution in [-0.2, 0) is 6.42 Å². The number of hydrogen-bond donors (Lipinski definition) is 0. The van der Waals surface area contributed by atoms with E-state index in [1.54, 1.807) is 14.2 Å². The molecule has 0 amide bonds. The summed E-state index contributed by atoms with van der Waals surface area (Å²) < 4.78 is 12.7. The smallest absolute Gasteiger partial charge is 0.167 e. The summed E-state index contributed by atoms with van der Waals surface area (Å²) in [4.78, 5) is 13.0. The van der Waals surface area contributed by atoms with Gasteiger partial charge in [0.25, 0.3) is 0 Å². The van der Waals surface area contributed by atoms with Gasteiger partial charge in [0.05, 0.1) is 36.9 Å². The Kier molecular flexibility index (Phi) is 4.85. The van der Waals surface area contributed by atoms with E-state index < -0.39 is 0 Å². The van der Waals surface area contributed by atoms with Crippen molar-refractivity contribution in [3.8, 4) is 17.2 Å². The molecule has 3 aromatic rings. The third-order valence-electron chi connectivity index (χ3n) is 5.26. The lowest BCUT2D eigenvalue weighted by Crippen LogP contribution is -2.21. The van der Waals surface area contributed by atoms with Crippen LogP contribution >= 0.6 is 11.6 Å². The monoisotopic (exact) mass is 396 g/mol. The van der Waals surface area contributed by atoms with E-state index in [4.69, 9.17) is 21.1 Å². The number of hydrogen-bond acceptors (Lipinski definition) is 4. The molecule has 0 saturated heterocycles. The van der Waals surface area contributed by atoms with E-state index in [0.29, 0.717) is 17.9 Å². The second-order valence-corrected chi connectivity index (χ2v) is 7.37. The maximum Gasteiger partial charge on any atom is 0.167 e. The highest BCUT2D eigenvalue weighted by molar-refractivity contribution is 6.30. The van der Waals surface area contributed by atoms with Gasteiger partial charge in [0.2, 0.25) is 0 Å². The molecule has 0 bridgehead atoms. The largest absolute Gasteiger partial charge is 0.497 e. The third kappa shape index (κ3) is 3.16. The number of aryl methyl sites for hydroxylation is 1. The number of methoxy groups -OCH3 is 2. The van der Waals surface area contributed by atoms with Crippen molar-refractivity contribution in [1.29, 1.82) is 0 Å². The van der Waals surface area contributed by atoms with E-state index in [0.717, 1.165) is 39.7 Å². The molecule has 1 atom stereocenters. The fourth-order valence-electron chi connectivity index (χ4n) is 3.93. The van der Waals surface area contributed by atoms with Crippen LogP contribution in [0.25, 0.3) is 5.69 Å². The van der Waals surface area contributed by atoms with Crippen molar-refractivity contribution in [2.24, 2.45) is 0 Å². The number of Topliss-reactive ketones (excluding diaryl/α,β-unsaturated/α-hetero) is 1.